The summed E-state index contributed by atoms with van der Waals surface area (Å²) < 4.78 is 0. The van der Waals surface area contributed by atoms with Crippen molar-refractivity contribution in [3.05, 3.63) is 47.1 Å². The van der Waals surface area contributed by atoms with E-state index < -0.39 is 0 Å². The molecule has 2 rings (SSSR count). The fraction of sp³-hybridized carbons (Fsp3) is 0.0769. The van der Waals surface area contributed by atoms with Gasteiger partial charge in [-0.05, 0) is 36.6 Å². The van der Waals surface area contributed by atoms with Crippen LogP contribution < -0.4 is 11.1 Å². The van der Waals surface area contributed by atoms with Gasteiger partial charge in [-0.15, -0.1) is 11.8 Å². The van der Waals surface area contributed by atoms with Gasteiger partial charge in [0, 0.05) is 16.8 Å². The van der Waals surface area contributed by atoms with Crippen molar-refractivity contribution in [2.24, 2.45) is 0 Å². The molecule has 0 saturated heterocycles. The van der Waals surface area contributed by atoms with Crippen molar-refractivity contribution in [2.45, 2.75) is 4.90 Å². The number of pyridine rings is 1. The molecule has 1 heterocycles. The quantitative estimate of drug-likeness (QED) is 0.852. The number of carbonyl (C=O) groups excluding carboxylic acids is 1. The van der Waals surface area contributed by atoms with E-state index in [-0.39, 0.29) is 16.7 Å². The molecule has 0 radical (unpaired) electrons. The molecular formula is C13H12ClN3OS. The molecule has 0 fully saturated rings. The second-order valence-electron chi connectivity index (χ2n) is 3.77. The largest absolute Gasteiger partial charge is 0.382 e. The number of benzene rings is 1. The van der Waals surface area contributed by atoms with Crippen molar-refractivity contribution in [1.82, 2.24) is 4.98 Å². The van der Waals surface area contributed by atoms with Gasteiger partial charge < -0.3 is 11.1 Å². The molecule has 1 amide bonds. The summed E-state index contributed by atoms with van der Waals surface area (Å²) >= 11 is 7.47. The van der Waals surface area contributed by atoms with E-state index in [4.69, 9.17) is 17.3 Å². The van der Waals surface area contributed by atoms with Crippen molar-refractivity contribution in [3.63, 3.8) is 0 Å². The number of thioether (sulfide) groups is 1. The van der Waals surface area contributed by atoms with Crippen molar-refractivity contribution in [1.29, 1.82) is 0 Å². The summed E-state index contributed by atoms with van der Waals surface area (Å²) in [6.07, 6.45) is 3.39. The number of hydrogen-bond acceptors (Lipinski definition) is 4. The molecule has 6 heteroatoms. The minimum Gasteiger partial charge on any atom is -0.382 e. The highest BCUT2D eigenvalue weighted by Crippen LogP contribution is 2.20. The Morgan fingerprint density at radius 2 is 2.05 bits per heavy atom. The van der Waals surface area contributed by atoms with Gasteiger partial charge in [0.1, 0.15) is 5.82 Å². The zero-order chi connectivity index (χ0) is 13.8. The zero-order valence-corrected chi connectivity index (χ0v) is 11.8. The first-order valence-corrected chi connectivity index (χ1v) is 7.07. The van der Waals surface area contributed by atoms with E-state index in [2.05, 4.69) is 10.3 Å². The number of nitrogens with two attached hydrogens (primary N) is 1. The fourth-order valence-electron chi connectivity index (χ4n) is 1.45. The minimum atomic E-state index is -0.272. The molecule has 0 aliphatic rings. The summed E-state index contributed by atoms with van der Waals surface area (Å²) in [6, 6.07) is 9.06. The van der Waals surface area contributed by atoms with Gasteiger partial charge in [-0.1, -0.05) is 11.6 Å². The number of nitrogens with zero attached hydrogens (tertiary/aromatic N) is 1. The normalized spacial score (nSPS) is 10.2. The Morgan fingerprint density at radius 3 is 2.63 bits per heavy atom. The molecule has 1 aromatic heterocycles. The monoisotopic (exact) mass is 293 g/mol. The highest BCUT2D eigenvalue weighted by atomic mass is 35.5. The Morgan fingerprint density at radius 1 is 1.37 bits per heavy atom. The zero-order valence-electron chi connectivity index (χ0n) is 10.2. The van der Waals surface area contributed by atoms with Crippen LogP contribution in [0.4, 0.5) is 11.5 Å². The first kappa shape index (κ1) is 13.7. The number of hydrogen-bond donors (Lipinski definition) is 2. The van der Waals surface area contributed by atoms with Crippen molar-refractivity contribution < 1.29 is 4.79 Å². The van der Waals surface area contributed by atoms with Gasteiger partial charge in [0.2, 0.25) is 0 Å². The predicted molar refractivity (Wildman–Crippen MR) is 79.8 cm³/mol. The van der Waals surface area contributed by atoms with Crippen molar-refractivity contribution >= 4 is 40.8 Å². The molecule has 19 heavy (non-hydrogen) atoms. The average Bonchev–Trinajstić information content (AvgIpc) is 2.42. The van der Waals surface area contributed by atoms with E-state index in [1.54, 1.807) is 11.8 Å². The van der Waals surface area contributed by atoms with Crippen LogP contribution >= 0.6 is 23.4 Å². The number of halogens is 1. The lowest BCUT2D eigenvalue weighted by Crippen LogP contribution is -2.12. The highest BCUT2D eigenvalue weighted by Gasteiger charge is 2.09. The summed E-state index contributed by atoms with van der Waals surface area (Å²) in [6.45, 7) is 0. The van der Waals surface area contributed by atoms with E-state index in [0.717, 1.165) is 10.6 Å². The molecule has 1 aromatic carbocycles. The lowest BCUT2D eigenvalue weighted by atomic mass is 10.2. The Labute approximate surface area is 120 Å². The molecule has 0 aliphatic carbocycles. The molecule has 0 unspecified atom stereocenters. The maximum absolute atomic E-state index is 12.0. The average molecular weight is 294 g/mol. The SMILES string of the molecule is CSc1ccc(NC(=O)c2cnc(N)c(Cl)c2)cc1. The summed E-state index contributed by atoms with van der Waals surface area (Å²) in [5.74, 6) is -0.0613. The lowest BCUT2D eigenvalue weighted by molar-refractivity contribution is 0.102. The molecule has 0 aliphatic heterocycles. The third-order valence-electron chi connectivity index (χ3n) is 2.48. The molecule has 2 aromatic rings. The minimum absolute atomic E-state index is 0.211. The third-order valence-corrected chi connectivity index (χ3v) is 3.53. The van der Waals surface area contributed by atoms with Crippen LogP contribution in [-0.4, -0.2) is 17.1 Å². The molecule has 0 saturated carbocycles. The Bertz CT molecular complexity index is 601. The standard InChI is InChI=1S/C13H12ClN3OS/c1-19-10-4-2-9(3-5-10)17-13(18)8-6-11(14)12(15)16-7-8/h2-7H,1H3,(H2,15,16)(H,17,18). The number of rotatable bonds is 3. The summed E-state index contributed by atoms with van der Waals surface area (Å²) in [5, 5.41) is 3.04. The van der Waals surface area contributed by atoms with Gasteiger partial charge in [-0.2, -0.15) is 0 Å². The molecule has 98 valence electrons. The van der Waals surface area contributed by atoms with Gasteiger partial charge in [-0.25, -0.2) is 4.98 Å². The lowest BCUT2D eigenvalue weighted by Gasteiger charge is -2.06. The van der Waals surface area contributed by atoms with E-state index in [1.165, 1.54) is 12.3 Å². The fourth-order valence-corrected chi connectivity index (χ4v) is 2.02. The van der Waals surface area contributed by atoms with Crippen molar-refractivity contribution in [2.75, 3.05) is 17.3 Å². The van der Waals surface area contributed by atoms with Crippen LogP contribution in [-0.2, 0) is 0 Å². The van der Waals surface area contributed by atoms with Gasteiger partial charge >= 0.3 is 0 Å². The van der Waals surface area contributed by atoms with E-state index in [1.807, 2.05) is 30.5 Å². The van der Waals surface area contributed by atoms with Crippen LogP contribution in [0.3, 0.4) is 0 Å². The molecular weight excluding hydrogens is 282 g/mol. The smallest absolute Gasteiger partial charge is 0.257 e. The number of aromatic nitrogens is 1. The Balaban J connectivity index is 2.13. The Kier molecular flexibility index (Phi) is 4.29. The first-order valence-electron chi connectivity index (χ1n) is 5.46. The number of nitrogens with one attached hydrogen (secondary N) is 1. The molecule has 0 atom stereocenters. The molecule has 0 bridgehead atoms. The predicted octanol–water partition coefficient (Wildman–Crippen LogP) is 3.29. The van der Waals surface area contributed by atoms with E-state index in [0.29, 0.717) is 5.56 Å². The maximum atomic E-state index is 12.0. The second kappa shape index (κ2) is 5.95. The third kappa shape index (κ3) is 3.39. The highest BCUT2D eigenvalue weighted by molar-refractivity contribution is 7.98. The summed E-state index contributed by atoms with van der Waals surface area (Å²) in [5.41, 5.74) is 6.58. The first-order chi connectivity index (χ1) is 9.10. The van der Waals surface area contributed by atoms with Crippen LogP contribution in [0.25, 0.3) is 0 Å². The van der Waals surface area contributed by atoms with E-state index in [9.17, 15) is 4.79 Å². The summed E-state index contributed by atoms with van der Waals surface area (Å²) in [4.78, 5) is 17.0. The Hall–Kier alpha value is -1.72. The van der Waals surface area contributed by atoms with Crippen LogP contribution in [0.5, 0.6) is 0 Å². The molecule has 0 spiro atoms. The number of carbonyl (C=O) groups is 1. The number of anilines is 2. The topological polar surface area (TPSA) is 68.0 Å². The van der Waals surface area contributed by atoms with E-state index >= 15 is 0 Å². The van der Waals surface area contributed by atoms with Crippen LogP contribution in [0.15, 0.2) is 41.4 Å². The van der Waals surface area contributed by atoms with Crippen LogP contribution in [0.2, 0.25) is 5.02 Å². The van der Waals surface area contributed by atoms with Gasteiger partial charge in [0.15, 0.2) is 0 Å². The summed E-state index contributed by atoms with van der Waals surface area (Å²) in [7, 11) is 0. The van der Waals surface area contributed by atoms with Crippen molar-refractivity contribution in [3.8, 4) is 0 Å². The van der Waals surface area contributed by atoms with Gasteiger partial charge in [0.05, 0.1) is 10.6 Å². The molecule has 3 N–H and O–H groups in total. The number of amides is 1. The van der Waals surface area contributed by atoms with Gasteiger partial charge in [0.25, 0.3) is 5.91 Å². The number of nitrogen functional groups attached to an aromatic ring is 1. The molecule has 4 nitrogen and oxygen atoms in total. The van der Waals surface area contributed by atoms with Crippen LogP contribution in [0.1, 0.15) is 10.4 Å². The second-order valence-corrected chi connectivity index (χ2v) is 5.06. The van der Waals surface area contributed by atoms with Gasteiger partial charge in [-0.3, -0.25) is 4.79 Å². The van der Waals surface area contributed by atoms with Crippen LogP contribution in [0, 0.1) is 0 Å². The maximum Gasteiger partial charge on any atom is 0.257 e.